The standard InChI is InChI=1S/C26H25N5O2/c1-18-5-2-8-21(25(18)33-17-19-6-3-7-19)11-13-24(32)30-22-9-4-14-28-26(22)31-23-12-10-20(15-27)16-29-23/h2,4-5,8-14,16,19H,3,6-7,17H2,1H3,(H,30,32)(H,28,29,31). The van der Waals surface area contributed by atoms with Gasteiger partial charge >= 0.3 is 0 Å². The highest BCUT2D eigenvalue weighted by molar-refractivity contribution is 6.03. The van der Waals surface area contributed by atoms with Crippen LogP contribution in [0.5, 0.6) is 5.75 Å². The Morgan fingerprint density at radius 3 is 2.82 bits per heavy atom. The van der Waals surface area contributed by atoms with Crippen molar-refractivity contribution in [3.63, 3.8) is 0 Å². The first kappa shape index (κ1) is 22.0. The third-order valence-corrected chi connectivity index (χ3v) is 5.55. The molecule has 2 N–H and O–H groups in total. The van der Waals surface area contributed by atoms with Gasteiger partial charge < -0.3 is 15.4 Å². The third kappa shape index (κ3) is 5.74. The average Bonchev–Trinajstić information content (AvgIpc) is 2.80. The highest BCUT2D eigenvalue weighted by Crippen LogP contribution is 2.30. The van der Waals surface area contributed by atoms with Crippen molar-refractivity contribution in [1.29, 1.82) is 5.26 Å². The Labute approximate surface area is 193 Å². The van der Waals surface area contributed by atoms with Crippen LogP contribution < -0.4 is 15.4 Å². The molecule has 7 heteroatoms. The molecule has 3 aromatic rings. The first-order valence-corrected chi connectivity index (χ1v) is 10.9. The van der Waals surface area contributed by atoms with Gasteiger partial charge in [0.2, 0.25) is 5.91 Å². The second-order valence-electron chi connectivity index (χ2n) is 7.99. The Morgan fingerprint density at radius 2 is 2.09 bits per heavy atom. The van der Waals surface area contributed by atoms with E-state index in [1.807, 2.05) is 31.2 Å². The summed E-state index contributed by atoms with van der Waals surface area (Å²) in [6.07, 6.45) is 10.1. The van der Waals surface area contributed by atoms with Crippen molar-refractivity contribution < 1.29 is 9.53 Å². The molecule has 0 radical (unpaired) electrons. The van der Waals surface area contributed by atoms with E-state index >= 15 is 0 Å². The van der Waals surface area contributed by atoms with Crippen LogP contribution in [0.15, 0.2) is 60.9 Å². The summed E-state index contributed by atoms with van der Waals surface area (Å²) in [5.74, 6) is 2.14. The smallest absolute Gasteiger partial charge is 0.248 e. The summed E-state index contributed by atoms with van der Waals surface area (Å²) in [7, 11) is 0. The molecule has 0 aliphatic heterocycles. The zero-order valence-corrected chi connectivity index (χ0v) is 18.4. The van der Waals surface area contributed by atoms with E-state index in [0.29, 0.717) is 35.4 Å². The number of carbonyl (C=O) groups excluding carboxylic acids is 1. The quantitative estimate of drug-likeness (QED) is 0.466. The van der Waals surface area contributed by atoms with Crippen LogP contribution in [0.1, 0.15) is 36.0 Å². The molecule has 7 nitrogen and oxygen atoms in total. The fourth-order valence-electron chi connectivity index (χ4n) is 3.47. The summed E-state index contributed by atoms with van der Waals surface area (Å²) >= 11 is 0. The van der Waals surface area contributed by atoms with E-state index < -0.39 is 0 Å². The summed E-state index contributed by atoms with van der Waals surface area (Å²) in [5.41, 5.74) is 2.90. The van der Waals surface area contributed by atoms with Crippen LogP contribution >= 0.6 is 0 Å². The van der Waals surface area contributed by atoms with E-state index in [-0.39, 0.29) is 5.91 Å². The van der Waals surface area contributed by atoms with Crippen LogP contribution in [0, 0.1) is 24.2 Å². The van der Waals surface area contributed by atoms with Crippen molar-refractivity contribution in [1.82, 2.24) is 9.97 Å². The molecule has 0 saturated heterocycles. The van der Waals surface area contributed by atoms with Crippen LogP contribution in [0.2, 0.25) is 0 Å². The number of hydrogen-bond donors (Lipinski definition) is 2. The Kier molecular flexibility index (Phi) is 6.96. The Bertz CT molecular complexity index is 1190. The topological polar surface area (TPSA) is 99.9 Å². The zero-order valence-electron chi connectivity index (χ0n) is 18.4. The zero-order chi connectivity index (χ0) is 23.0. The van der Waals surface area contributed by atoms with Crippen LogP contribution in [0.3, 0.4) is 0 Å². The molecule has 1 amide bonds. The van der Waals surface area contributed by atoms with Gasteiger partial charge in [-0.1, -0.05) is 24.6 Å². The molecule has 1 aliphatic rings. The molecule has 1 aromatic carbocycles. The number of aromatic nitrogens is 2. The maximum absolute atomic E-state index is 12.6. The summed E-state index contributed by atoms with van der Waals surface area (Å²) in [5, 5.41) is 14.8. The van der Waals surface area contributed by atoms with Crippen LogP contribution in [0.4, 0.5) is 17.3 Å². The third-order valence-electron chi connectivity index (χ3n) is 5.55. The van der Waals surface area contributed by atoms with Crippen LogP contribution in [-0.4, -0.2) is 22.5 Å². The lowest BCUT2D eigenvalue weighted by Crippen LogP contribution is -2.19. The van der Waals surface area contributed by atoms with Crippen molar-refractivity contribution >= 4 is 29.3 Å². The summed E-state index contributed by atoms with van der Waals surface area (Å²) in [6.45, 7) is 2.73. The second-order valence-corrected chi connectivity index (χ2v) is 7.99. The van der Waals surface area contributed by atoms with Gasteiger partial charge in [0.1, 0.15) is 17.6 Å². The molecule has 1 saturated carbocycles. The monoisotopic (exact) mass is 439 g/mol. The number of carbonyl (C=O) groups is 1. The summed E-state index contributed by atoms with van der Waals surface area (Å²) in [6, 6.07) is 14.8. The number of pyridine rings is 2. The van der Waals surface area contributed by atoms with Gasteiger partial charge in [-0.2, -0.15) is 5.26 Å². The lowest BCUT2D eigenvalue weighted by molar-refractivity contribution is -0.111. The number of hydrogen-bond acceptors (Lipinski definition) is 6. The number of nitrogens with zero attached hydrogens (tertiary/aromatic N) is 3. The Hall–Kier alpha value is -4.18. The maximum Gasteiger partial charge on any atom is 0.248 e. The van der Waals surface area contributed by atoms with Crippen molar-refractivity contribution in [2.24, 2.45) is 5.92 Å². The molecule has 0 bridgehead atoms. The first-order valence-electron chi connectivity index (χ1n) is 10.9. The first-order chi connectivity index (χ1) is 16.1. The maximum atomic E-state index is 12.6. The molecule has 0 atom stereocenters. The van der Waals surface area contributed by atoms with E-state index in [1.165, 1.54) is 31.5 Å². The molecule has 4 rings (SSSR count). The van der Waals surface area contributed by atoms with Crippen molar-refractivity contribution in [2.45, 2.75) is 26.2 Å². The van der Waals surface area contributed by atoms with E-state index in [9.17, 15) is 4.79 Å². The number of amides is 1. The number of ether oxygens (including phenoxy) is 1. The van der Waals surface area contributed by atoms with Gasteiger partial charge in [0.05, 0.1) is 17.9 Å². The van der Waals surface area contributed by atoms with Gasteiger partial charge in [-0.05, 0) is 61.6 Å². The number of rotatable bonds is 8. The molecule has 2 aromatic heterocycles. The molecule has 1 aliphatic carbocycles. The van der Waals surface area contributed by atoms with Crippen molar-refractivity contribution in [3.05, 3.63) is 77.6 Å². The number of nitrogens with one attached hydrogen (secondary N) is 2. The SMILES string of the molecule is Cc1cccc(C=CC(=O)Nc2cccnc2Nc2ccc(C#N)cn2)c1OCC1CCC1. The van der Waals surface area contributed by atoms with Crippen LogP contribution in [0.25, 0.3) is 6.08 Å². The second kappa shape index (κ2) is 10.4. The molecule has 33 heavy (non-hydrogen) atoms. The summed E-state index contributed by atoms with van der Waals surface area (Å²) < 4.78 is 6.09. The van der Waals surface area contributed by atoms with Gasteiger partial charge in [0, 0.05) is 24.0 Å². The molecule has 0 unspecified atom stereocenters. The predicted molar refractivity (Wildman–Crippen MR) is 128 cm³/mol. The number of nitriles is 1. The molecule has 1 fully saturated rings. The summed E-state index contributed by atoms with van der Waals surface area (Å²) in [4.78, 5) is 21.1. The van der Waals surface area contributed by atoms with Gasteiger partial charge in [0.15, 0.2) is 5.82 Å². The molecule has 0 spiro atoms. The molecule has 166 valence electrons. The minimum Gasteiger partial charge on any atom is -0.492 e. The fraction of sp³-hybridized carbons (Fsp3) is 0.231. The number of aryl methyl sites for hydroxylation is 1. The highest BCUT2D eigenvalue weighted by Gasteiger charge is 2.19. The molecule has 2 heterocycles. The van der Waals surface area contributed by atoms with Gasteiger partial charge in [0.25, 0.3) is 0 Å². The lowest BCUT2D eigenvalue weighted by Gasteiger charge is -2.26. The minimum atomic E-state index is -0.287. The van der Waals surface area contributed by atoms with Crippen molar-refractivity contribution in [3.8, 4) is 11.8 Å². The van der Waals surface area contributed by atoms with Gasteiger partial charge in [-0.15, -0.1) is 0 Å². The average molecular weight is 440 g/mol. The van der Waals surface area contributed by atoms with E-state index in [2.05, 4.69) is 20.6 Å². The van der Waals surface area contributed by atoms with E-state index in [4.69, 9.17) is 10.00 Å². The number of anilines is 3. The number of para-hydroxylation sites is 1. The van der Waals surface area contributed by atoms with Gasteiger partial charge in [-0.25, -0.2) is 9.97 Å². The predicted octanol–water partition coefficient (Wildman–Crippen LogP) is 5.23. The Morgan fingerprint density at radius 1 is 1.21 bits per heavy atom. The van der Waals surface area contributed by atoms with E-state index in [0.717, 1.165) is 16.9 Å². The van der Waals surface area contributed by atoms with Crippen molar-refractivity contribution in [2.75, 3.05) is 17.2 Å². The minimum absolute atomic E-state index is 0.287. The fourth-order valence-corrected chi connectivity index (χ4v) is 3.47. The molecular formula is C26H25N5O2. The number of benzene rings is 1. The lowest BCUT2D eigenvalue weighted by atomic mass is 9.86. The van der Waals surface area contributed by atoms with Crippen LogP contribution in [-0.2, 0) is 4.79 Å². The Balaban J connectivity index is 1.44. The largest absolute Gasteiger partial charge is 0.492 e. The van der Waals surface area contributed by atoms with E-state index in [1.54, 1.807) is 36.5 Å². The molecular weight excluding hydrogens is 414 g/mol. The van der Waals surface area contributed by atoms with Gasteiger partial charge in [-0.3, -0.25) is 4.79 Å². The normalized spacial score (nSPS) is 13.2. The highest BCUT2D eigenvalue weighted by atomic mass is 16.5.